The fourth-order valence-electron chi connectivity index (χ4n) is 1.91. The standard InChI is InChI=1S/C15H18N4/c1-2-14(8-9-16)17-10-13-11-18-19(12-13)15-6-4-3-5-7-15/h3-7,11-12,14,17H,2,8,10H2,1H3. The van der Waals surface area contributed by atoms with Crippen LogP contribution in [0.25, 0.3) is 5.69 Å². The summed E-state index contributed by atoms with van der Waals surface area (Å²) < 4.78 is 1.86. The largest absolute Gasteiger partial charge is 0.309 e. The van der Waals surface area contributed by atoms with E-state index < -0.39 is 0 Å². The van der Waals surface area contributed by atoms with Gasteiger partial charge in [-0.1, -0.05) is 25.1 Å². The van der Waals surface area contributed by atoms with Crippen LogP contribution in [0.5, 0.6) is 0 Å². The molecule has 0 spiro atoms. The van der Waals surface area contributed by atoms with Crippen LogP contribution >= 0.6 is 0 Å². The van der Waals surface area contributed by atoms with Crippen LogP contribution in [0.2, 0.25) is 0 Å². The maximum Gasteiger partial charge on any atom is 0.0645 e. The lowest BCUT2D eigenvalue weighted by molar-refractivity contribution is 0.505. The Bertz CT molecular complexity index is 539. The molecule has 4 heteroatoms. The molecule has 2 aromatic rings. The van der Waals surface area contributed by atoms with Crippen molar-refractivity contribution < 1.29 is 0 Å². The number of nitrogens with one attached hydrogen (secondary N) is 1. The molecule has 1 unspecified atom stereocenters. The first-order valence-electron chi connectivity index (χ1n) is 6.52. The van der Waals surface area contributed by atoms with Gasteiger partial charge >= 0.3 is 0 Å². The first-order chi connectivity index (χ1) is 9.33. The highest BCUT2D eigenvalue weighted by Crippen LogP contribution is 2.08. The lowest BCUT2D eigenvalue weighted by Gasteiger charge is -2.11. The highest BCUT2D eigenvalue weighted by Gasteiger charge is 2.06. The number of hydrogen-bond donors (Lipinski definition) is 1. The lowest BCUT2D eigenvalue weighted by atomic mass is 10.1. The van der Waals surface area contributed by atoms with Crippen LogP contribution in [-0.2, 0) is 6.54 Å². The Kier molecular flexibility index (Phi) is 4.71. The Morgan fingerprint density at radius 3 is 2.84 bits per heavy atom. The smallest absolute Gasteiger partial charge is 0.0645 e. The SMILES string of the molecule is CCC(CC#N)NCc1cnn(-c2ccccc2)c1. The molecule has 1 N–H and O–H groups in total. The fraction of sp³-hybridized carbons (Fsp3) is 0.333. The molecule has 1 heterocycles. The molecule has 1 aromatic carbocycles. The molecule has 19 heavy (non-hydrogen) atoms. The number of aromatic nitrogens is 2. The van der Waals surface area contributed by atoms with E-state index in [1.807, 2.05) is 47.4 Å². The van der Waals surface area contributed by atoms with Crippen LogP contribution in [-0.4, -0.2) is 15.8 Å². The number of nitrogens with zero attached hydrogens (tertiary/aromatic N) is 3. The van der Waals surface area contributed by atoms with Crippen LogP contribution in [0.4, 0.5) is 0 Å². The van der Waals surface area contributed by atoms with Gasteiger partial charge in [0.15, 0.2) is 0 Å². The Balaban J connectivity index is 1.97. The molecule has 0 bridgehead atoms. The maximum absolute atomic E-state index is 8.71. The van der Waals surface area contributed by atoms with Crippen molar-refractivity contribution in [1.29, 1.82) is 5.26 Å². The van der Waals surface area contributed by atoms with Gasteiger partial charge in [0.1, 0.15) is 0 Å². The number of rotatable bonds is 6. The van der Waals surface area contributed by atoms with E-state index in [-0.39, 0.29) is 6.04 Å². The van der Waals surface area contributed by atoms with Gasteiger partial charge in [-0.3, -0.25) is 0 Å². The third-order valence-corrected chi connectivity index (χ3v) is 3.08. The van der Waals surface area contributed by atoms with E-state index in [0.717, 1.165) is 24.2 Å². The zero-order valence-electron chi connectivity index (χ0n) is 11.1. The van der Waals surface area contributed by atoms with E-state index in [0.29, 0.717) is 6.42 Å². The van der Waals surface area contributed by atoms with Crippen molar-refractivity contribution in [3.63, 3.8) is 0 Å². The zero-order chi connectivity index (χ0) is 13.5. The molecule has 0 aliphatic rings. The van der Waals surface area contributed by atoms with Gasteiger partial charge in [-0.25, -0.2) is 4.68 Å². The Hall–Kier alpha value is -2.12. The zero-order valence-corrected chi connectivity index (χ0v) is 11.1. The monoisotopic (exact) mass is 254 g/mol. The van der Waals surface area contributed by atoms with Crippen molar-refractivity contribution in [3.05, 3.63) is 48.3 Å². The summed E-state index contributed by atoms with van der Waals surface area (Å²) in [6.45, 7) is 2.83. The van der Waals surface area contributed by atoms with Gasteiger partial charge in [-0.15, -0.1) is 0 Å². The van der Waals surface area contributed by atoms with Crippen molar-refractivity contribution in [1.82, 2.24) is 15.1 Å². The topological polar surface area (TPSA) is 53.6 Å². The summed E-state index contributed by atoms with van der Waals surface area (Å²) in [5, 5.41) is 16.4. The molecule has 2 rings (SSSR count). The van der Waals surface area contributed by atoms with Crippen LogP contribution in [0.1, 0.15) is 25.3 Å². The predicted octanol–water partition coefficient (Wildman–Crippen LogP) is 2.65. The first-order valence-corrected chi connectivity index (χ1v) is 6.52. The molecule has 0 amide bonds. The van der Waals surface area contributed by atoms with E-state index in [1.165, 1.54) is 0 Å². The molecule has 0 fully saturated rings. The van der Waals surface area contributed by atoms with E-state index in [4.69, 9.17) is 5.26 Å². The molecular weight excluding hydrogens is 236 g/mol. The molecule has 98 valence electrons. The highest BCUT2D eigenvalue weighted by molar-refractivity contribution is 5.30. The van der Waals surface area contributed by atoms with Crippen LogP contribution in [0, 0.1) is 11.3 Å². The summed E-state index contributed by atoms with van der Waals surface area (Å²) in [6, 6.07) is 12.5. The van der Waals surface area contributed by atoms with Crippen molar-refractivity contribution in [2.24, 2.45) is 0 Å². The molecule has 0 aliphatic carbocycles. The molecule has 1 atom stereocenters. The minimum absolute atomic E-state index is 0.255. The average molecular weight is 254 g/mol. The minimum atomic E-state index is 0.255. The Morgan fingerprint density at radius 2 is 2.16 bits per heavy atom. The van der Waals surface area contributed by atoms with Crippen LogP contribution < -0.4 is 5.32 Å². The highest BCUT2D eigenvalue weighted by atomic mass is 15.3. The van der Waals surface area contributed by atoms with Gasteiger partial charge in [0.25, 0.3) is 0 Å². The minimum Gasteiger partial charge on any atom is -0.309 e. The molecule has 4 nitrogen and oxygen atoms in total. The third-order valence-electron chi connectivity index (χ3n) is 3.08. The Labute approximate surface area is 113 Å². The predicted molar refractivity (Wildman–Crippen MR) is 74.7 cm³/mol. The first kappa shape index (κ1) is 13.3. The third kappa shape index (κ3) is 3.67. The average Bonchev–Trinajstić information content (AvgIpc) is 2.93. The van der Waals surface area contributed by atoms with Crippen molar-refractivity contribution >= 4 is 0 Å². The number of nitriles is 1. The molecule has 1 aromatic heterocycles. The quantitative estimate of drug-likeness (QED) is 0.862. The van der Waals surface area contributed by atoms with Gasteiger partial charge < -0.3 is 5.32 Å². The van der Waals surface area contributed by atoms with Crippen LogP contribution in [0.3, 0.4) is 0 Å². The summed E-state index contributed by atoms with van der Waals surface area (Å²) in [6.07, 6.45) is 5.38. The Morgan fingerprint density at radius 1 is 1.37 bits per heavy atom. The molecular formula is C15H18N4. The summed E-state index contributed by atoms with van der Waals surface area (Å²) >= 11 is 0. The van der Waals surface area contributed by atoms with E-state index >= 15 is 0 Å². The van der Waals surface area contributed by atoms with E-state index in [1.54, 1.807) is 0 Å². The second-order valence-corrected chi connectivity index (χ2v) is 4.48. The second-order valence-electron chi connectivity index (χ2n) is 4.48. The molecule has 0 saturated heterocycles. The number of para-hydroxylation sites is 1. The molecule has 0 aliphatic heterocycles. The number of hydrogen-bond acceptors (Lipinski definition) is 3. The fourth-order valence-corrected chi connectivity index (χ4v) is 1.91. The molecule has 0 radical (unpaired) electrons. The summed E-state index contributed by atoms with van der Waals surface area (Å²) in [5.41, 5.74) is 2.18. The number of benzene rings is 1. The van der Waals surface area contributed by atoms with Gasteiger partial charge in [0.2, 0.25) is 0 Å². The van der Waals surface area contributed by atoms with Crippen LogP contribution in [0.15, 0.2) is 42.7 Å². The summed E-state index contributed by atoms with van der Waals surface area (Å²) in [7, 11) is 0. The van der Waals surface area contributed by atoms with E-state index in [2.05, 4.69) is 23.4 Å². The summed E-state index contributed by atoms with van der Waals surface area (Å²) in [5.74, 6) is 0. The maximum atomic E-state index is 8.71. The molecule has 0 saturated carbocycles. The van der Waals surface area contributed by atoms with E-state index in [9.17, 15) is 0 Å². The van der Waals surface area contributed by atoms with Crippen molar-refractivity contribution in [3.8, 4) is 11.8 Å². The normalized spacial score (nSPS) is 12.0. The van der Waals surface area contributed by atoms with Gasteiger partial charge in [-0.2, -0.15) is 10.4 Å². The van der Waals surface area contributed by atoms with Gasteiger partial charge in [-0.05, 0) is 18.6 Å². The lowest BCUT2D eigenvalue weighted by Crippen LogP contribution is -2.27. The second kappa shape index (κ2) is 6.72. The van der Waals surface area contributed by atoms with Gasteiger partial charge in [0, 0.05) is 24.3 Å². The van der Waals surface area contributed by atoms with Crippen molar-refractivity contribution in [2.45, 2.75) is 32.4 Å². The summed E-state index contributed by atoms with van der Waals surface area (Å²) in [4.78, 5) is 0. The van der Waals surface area contributed by atoms with Gasteiger partial charge in [0.05, 0.1) is 24.4 Å². The van der Waals surface area contributed by atoms with Crippen molar-refractivity contribution in [2.75, 3.05) is 0 Å².